The molecule has 0 radical (unpaired) electrons. The number of nitrogens with zero attached hydrogens (tertiary/aromatic N) is 3. The van der Waals surface area contributed by atoms with Crippen LogP contribution in [0.3, 0.4) is 0 Å². The standard InChI is InChI=1S/C54H53FN8O12/c1-3-54(73)37-20-41-50-35(25-62(41)52(71)36(37)27-75-53(54)72)48-32(12-15-34-29(2)38(55)21-39(61-50)49(34)48)26-74-28-59-44(66)23-58-51(70)40(19-31-7-5-4-6-8-31)60-45(67)24-57-43(65)22-56-42(64)16-11-30-9-13-33(14-10-30)63-46(68)17-18-47(63)69/h4-10,13-14,17-18,20-21,32,40,73H,3,11-12,15-16,19,22-28H2,1-2H3,(H,56,64)(H,57,65)(H,58,70)(H,59,66)(H,60,67)/t32-,40-,54-/m0/s1. The van der Waals surface area contributed by atoms with Crippen LogP contribution in [-0.2, 0) is 85.8 Å². The second kappa shape index (κ2) is 21.6. The van der Waals surface area contributed by atoms with Gasteiger partial charge in [0.1, 0.15) is 25.2 Å². The number of amides is 7. The minimum Gasteiger partial charge on any atom is -0.458 e. The molecule has 3 aliphatic heterocycles. The summed E-state index contributed by atoms with van der Waals surface area (Å²) in [7, 11) is 0. The Labute approximate surface area is 428 Å². The lowest BCUT2D eigenvalue weighted by Crippen LogP contribution is -2.52. The van der Waals surface area contributed by atoms with Gasteiger partial charge in [-0.1, -0.05) is 49.4 Å². The van der Waals surface area contributed by atoms with Gasteiger partial charge in [-0.2, -0.15) is 0 Å². The van der Waals surface area contributed by atoms with Gasteiger partial charge in [-0.25, -0.2) is 19.1 Å². The van der Waals surface area contributed by atoms with Crippen molar-refractivity contribution in [3.63, 3.8) is 0 Å². The molecular formula is C54H53FN8O12. The molecule has 7 amide bonds. The van der Waals surface area contributed by atoms with Crippen molar-refractivity contribution in [1.29, 1.82) is 0 Å². The lowest BCUT2D eigenvalue weighted by molar-refractivity contribution is -0.172. The Hall–Kier alpha value is -8.43. The van der Waals surface area contributed by atoms with E-state index in [0.717, 1.165) is 32.5 Å². The summed E-state index contributed by atoms with van der Waals surface area (Å²) in [6.45, 7) is 1.65. The van der Waals surface area contributed by atoms with Crippen LogP contribution in [-0.4, -0.2) is 101 Å². The average Bonchev–Trinajstić information content (AvgIpc) is 3.96. The van der Waals surface area contributed by atoms with Crippen molar-refractivity contribution < 1.29 is 57.3 Å². The molecule has 20 nitrogen and oxygen atoms in total. The van der Waals surface area contributed by atoms with Crippen molar-refractivity contribution >= 4 is 63.9 Å². The number of cyclic esters (lactones) is 1. The smallest absolute Gasteiger partial charge is 0.343 e. The number of nitrogens with one attached hydrogen (secondary N) is 5. The summed E-state index contributed by atoms with van der Waals surface area (Å²) in [6.07, 6.45) is 3.82. The monoisotopic (exact) mass is 1020 g/mol. The molecule has 5 heterocycles. The van der Waals surface area contributed by atoms with E-state index in [-0.39, 0.29) is 62.8 Å². The molecular weight excluding hydrogens is 972 g/mol. The normalized spacial score (nSPS) is 17.4. The zero-order valence-corrected chi connectivity index (χ0v) is 41.0. The molecule has 2 aromatic heterocycles. The molecule has 388 valence electrons. The second-order valence-corrected chi connectivity index (χ2v) is 18.8. The van der Waals surface area contributed by atoms with Crippen LogP contribution in [0, 0.1) is 12.7 Å². The Morgan fingerprint density at radius 2 is 1.55 bits per heavy atom. The Balaban J connectivity index is 0.765. The van der Waals surface area contributed by atoms with E-state index in [1.165, 1.54) is 22.8 Å². The van der Waals surface area contributed by atoms with E-state index in [4.69, 9.17) is 14.5 Å². The van der Waals surface area contributed by atoms with Crippen LogP contribution in [0.4, 0.5) is 10.1 Å². The molecule has 4 aliphatic rings. The van der Waals surface area contributed by atoms with E-state index in [1.54, 1.807) is 74.5 Å². The maximum Gasteiger partial charge on any atom is 0.343 e. The van der Waals surface area contributed by atoms with Crippen molar-refractivity contribution in [3.05, 3.63) is 140 Å². The van der Waals surface area contributed by atoms with Gasteiger partial charge in [-0.05, 0) is 78.6 Å². The van der Waals surface area contributed by atoms with Gasteiger partial charge in [0.2, 0.25) is 29.5 Å². The fraction of sp³-hybridized carbons (Fsp3) is 0.333. The molecule has 3 atom stereocenters. The molecule has 0 saturated heterocycles. The topological polar surface area (TPSA) is 274 Å². The zero-order chi connectivity index (χ0) is 53.1. The molecule has 75 heavy (non-hydrogen) atoms. The molecule has 5 aromatic rings. The van der Waals surface area contributed by atoms with E-state index < -0.39 is 90.0 Å². The number of carbonyl (C=O) groups excluding carboxylic acids is 8. The number of carbonyl (C=O) groups is 8. The SMILES string of the molecule is CC[C@@]1(O)C(=O)OCc2c1cc1n(c2=O)Cc2c-1nc1cc(F)c(C)c3c1c2[C@H](COCNC(=O)CNC(=O)[C@H](Cc1ccccc1)NC(=O)CNC(=O)CNC(=O)CCc1ccc(N2C(=O)C=CC2=O)cc1)CC3. The van der Waals surface area contributed by atoms with Crippen molar-refractivity contribution in [2.45, 2.75) is 83.1 Å². The number of benzene rings is 3. The summed E-state index contributed by atoms with van der Waals surface area (Å²) in [4.78, 5) is 121. The van der Waals surface area contributed by atoms with Gasteiger partial charge >= 0.3 is 5.97 Å². The Bertz CT molecular complexity index is 3270. The number of anilines is 1. The highest BCUT2D eigenvalue weighted by atomic mass is 19.1. The van der Waals surface area contributed by atoms with Gasteiger partial charge in [0.25, 0.3) is 17.4 Å². The predicted molar refractivity (Wildman–Crippen MR) is 267 cm³/mol. The van der Waals surface area contributed by atoms with Crippen molar-refractivity contribution in [2.24, 2.45) is 0 Å². The number of hydrogen-bond acceptors (Lipinski definition) is 13. The highest BCUT2D eigenvalue weighted by Gasteiger charge is 2.46. The molecule has 0 saturated carbocycles. The van der Waals surface area contributed by atoms with E-state index in [2.05, 4.69) is 26.6 Å². The van der Waals surface area contributed by atoms with Gasteiger partial charge in [0, 0.05) is 53.5 Å². The molecule has 0 fully saturated rings. The first-order valence-electron chi connectivity index (χ1n) is 24.5. The number of ether oxygens (including phenoxy) is 2. The van der Waals surface area contributed by atoms with Gasteiger partial charge in [-0.3, -0.25) is 38.4 Å². The summed E-state index contributed by atoms with van der Waals surface area (Å²) >= 11 is 0. The molecule has 0 bridgehead atoms. The highest BCUT2D eigenvalue weighted by molar-refractivity contribution is 6.28. The van der Waals surface area contributed by atoms with Crippen molar-refractivity contribution in [1.82, 2.24) is 36.1 Å². The predicted octanol–water partition coefficient (Wildman–Crippen LogP) is 1.79. The number of aryl methyl sites for hydroxylation is 2. The molecule has 6 N–H and O–H groups in total. The molecule has 0 unspecified atom stereocenters. The van der Waals surface area contributed by atoms with Crippen LogP contribution in [0.25, 0.3) is 22.3 Å². The molecule has 9 rings (SSSR count). The van der Waals surface area contributed by atoms with Crippen LogP contribution < -0.4 is 37.0 Å². The van der Waals surface area contributed by atoms with Gasteiger partial charge in [0.15, 0.2) is 5.60 Å². The lowest BCUT2D eigenvalue weighted by Gasteiger charge is -2.31. The molecule has 21 heteroatoms. The molecule has 0 spiro atoms. The molecule has 3 aromatic carbocycles. The zero-order valence-electron chi connectivity index (χ0n) is 41.0. The fourth-order valence-electron chi connectivity index (χ4n) is 10.0. The van der Waals surface area contributed by atoms with Crippen molar-refractivity contribution in [2.75, 3.05) is 37.9 Å². The number of hydrogen-bond donors (Lipinski definition) is 6. The summed E-state index contributed by atoms with van der Waals surface area (Å²) in [5.74, 6) is -5.47. The lowest BCUT2D eigenvalue weighted by atomic mass is 9.78. The number of imide groups is 1. The minimum absolute atomic E-state index is 0.0263. The largest absolute Gasteiger partial charge is 0.458 e. The molecule has 1 aliphatic carbocycles. The first kappa shape index (κ1) is 51.5. The number of aliphatic hydroxyl groups is 1. The third-order valence-corrected chi connectivity index (χ3v) is 14.1. The van der Waals surface area contributed by atoms with Gasteiger partial charge in [-0.15, -0.1) is 0 Å². The number of fused-ring (bicyclic) bond motifs is 5. The minimum atomic E-state index is -2.02. The summed E-state index contributed by atoms with van der Waals surface area (Å²) in [5, 5.41) is 24.8. The number of esters is 1. The Kier molecular flexibility index (Phi) is 14.8. The summed E-state index contributed by atoms with van der Waals surface area (Å²) in [6, 6.07) is 17.3. The van der Waals surface area contributed by atoms with Crippen LogP contribution in [0.15, 0.2) is 83.7 Å². The van der Waals surface area contributed by atoms with Crippen LogP contribution in [0.5, 0.6) is 0 Å². The van der Waals surface area contributed by atoms with Gasteiger partial charge < -0.3 is 45.7 Å². The van der Waals surface area contributed by atoms with E-state index in [1.807, 2.05) is 0 Å². The number of aromatic nitrogens is 2. The van der Waals surface area contributed by atoms with Crippen LogP contribution in [0.1, 0.15) is 76.6 Å². The maximum absolute atomic E-state index is 15.4. The van der Waals surface area contributed by atoms with Crippen molar-refractivity contribution in [3.8, 4) is 11.4 Å². The number of halogens is 1. The first-order valence-corrected chi connectivity index (χ1v) is 24.5. The van der Waals surface area contributed by atoms with Gasteiger partial charge in [0.05, 0.1) is 60.9 Å². The maximum atomic E-state index is 15.4. The third-order valence-electron chi connectivity index (χ3n) is 14.1. The van der Waals surface area contributed by atoms with E-state index in [9.17, 15) is 48.3 Å². The highest BCUT2D eigenvalue weighted by Crippen LogP contribution is 2.46. The summed E-state index contributed by atoms with van der Waals surface area (Å²) in [5.41, 5.74) is 3.82. The Morgan fingerprint density at radius 1 is 0.853 bits per heavy atom. The quantitative estimate of drug-likeness (QED) is 0.0293. The van der Waals surface area contributed by atoms with Crippen LogP contribution >= 0.6 is 0 Å². The fourth-order valence-corrected chi connectivity index (χ4v) is 10.0. The number of rotatable bonds is 19. The second-order valence-electron chi connectivity index (χ2n) is 18.8. The Morgan fingerprint density at radius 3 is 2.28 bits per heavy atom. The number of pyridine rings is 2. The third kappa shape index (κ3) is 10.5. The summed E-state index contributed by atoms with van der Waals surface area (Å²) < 4.78 is 28.2. The average molecular weight is 1030 g/mol. The van der Waals surface area contributed by atoms with E-state index >= 15 is 4.39 Å². The van der Waals surface area contributed by atoms with Crippen LogP contribution in [0.2, 0.25) is 0 Å². The first-order chi connectivity index (χ1) is 36.0. The van der Waals surface area contributed by atoms with E-state index in [0.29, 0.717) is 53.0 Å².